The number of carbonyl (C=O) groups excluding carboxylic acids is 2. The number of ether oxygens (including phenoxy) is 1. The van der Waals surface area contributed by atoms with E-state index in [2.05, 4.69) is 5.32 Å². The average molecular weight is 326 g/mol. The number of carbonyl (C=O) groups is 2. The van der Waals surface area contributed by atoms with Crippen LogP contribution in [0.4, 0.5) is 5.69 Å². The summed E-state index contributed by atoms with van der Waals surface area (Å²) in [4.78, 5) is 26.1. The maximum Gasteiger partial charge on any atom is 0.233 e. The van der Waals surface area contributed by atoms with Crippen LogP contribution in [0.15, 0.2) is 54.6 Å². The van der Waals surface area contributed by atoms with Crippen molar-refractivity contribution < 1.29 is 14.3 Å². The zero-order valence-corrected chi connectivity index (χ0v) is 14.0. The zero-order valence-electron chi connectivity index (χ0n) is 14.0. The Morgan fingerprint density at radius 1 is 1.04 bits per heavy atom. The van der Waals surface area contributed by atoms with E-state index in [-0.39, 0.29) is 18.2 Å². The van der Waals surface area contributed by atoms with Crippen LogP contribution in [-0.2, 0) is 16.1 Å². The predicted octanol–water partition coefficient (Wildman–Crippen LogP) is 3.07. The number of nitrogens with zero attached hydrogens (tertiary/aromatic N) is 1. The molecule has 24 heavy (non-hydrogen) atoms. The molecule has 5 heteroatoms. The molecule has 2 amide bonds. The summed E-state index contributed by atoms with van der Waals surface area (Å²) in [6.45, 7) is 2.97. The quantitative estimate of drug-likeness (QED) is 0.796. The molecule has 0 aliphatic heterocycles. The van der Waals surface area contributed by atoms with Crippen LogP contribution in [0.3, 0.4) is 0 Å². The Balaban J connectivity index is 1.90. The first-order valence-electron chi connectivity index (χ1n) is 7.88. The summed E-state index contributed by atoms with van der Waals surface area (Å²) in [5, 5.41) is 2.72. The second kappa shape index (κ2) is 8.72. The van der Waals surface area contributed by atoms with Crippen molar-refractivity contribution in [1.29, 1.82) is 0 Å². The lowest BCUT2D eigenvalue weighted by Gasteiger charge is -2.20. The molecule has 0 aromatic heterocycles. The number of rotatable bonds is 7. The molecule has 2 aromatic carbocycles. The first kappa shape index (κ1) is 17.5. The summed E-state index contributed by atoms with van der Waals surface area (Å²) >= 11 is 0. The maximum atomic E-state index is 12.3. The van der Waals surface area contributed by atoms with Crippen LogP contribution < -0.4 is 10.1 Å². The third kappa shape index (κ3) is 5.12. The van der Waals surface area contributed by atoms with Crippen LogP contribution in [0.25, 0.3) is 0 Å². The highest BCUT2D eigenvalue weighted by atomic mass is 16.5. The second-order valence-electron chi connectivity index (χ2n) is 5.35. The lowest BCUT2D eigenvalue weighted by atomic mass is 10.2. The Morgan fingerprint density at radius 3 is 2.29 bits per heavy atom. The Labute approximate surface area is 142 Å². The molecule has 0 heterocycles. The summed E-state index contributed by atoms with van der Waals surface area (Å²) in [6, 6.07) is 16.7. The summed E-state index contributed by atoms with van der Waals surface area (Å²) in [6.07, 6.45) is -0.174. The largest absolute Gasteiger partial charge is 0.497 e. The van der Waals surface area contributed by atoms with Gasteiger partial charge in [0.2, 0.25) is 11.8 Å². The first-order valence-corrected chi connectivity index (χ1v) is 7.88. The molecule has 0 saturated heterocycles. The lowest BCUT2D eigenvalue weighted by molar-refractivity contribution is -0.134. The van der Waals surface area contributed by atoms with Gasteiger partial charge in [-0.15, -0.1) is 0 Å². The van der Waals surface area contributed by atoms with Gasteiger partial charge >= 0.3 is 0 Å². The van der Waals surface area contributed by atoms with Crippen LogP contribution in [0.1, 0.15) is 18.9 Å². The van der Waals surface area contributed by atoms with Gasteiger partial charge in [-0.3, -0.25) is 9.59 Å². The molecular weight excluding hydrogens is 304 g/mol. The van der Waals surface area contributed by atoms with Gasteiger partial charge in [-0.25, -0.2) is 0 Å². The standard InChI is InChI=1S/C19H22N2O3/c1-3-21(14-15-7-5-4-6-8-15)19(23)13-18(22)20-16-9-11-17(24-2)12-10-16/h4-12H,3,13-14H2,1-2H3,(H,20,22). The van der Waals surface area contributed by atoms with Gasteiger partial charge in [0.05, 0.1) is 7.11 Å². The van der Waals surface area contributed by atoms with Crippen LogP contribution in [-0.4, -0.2) is 30.4 Å². The number of hydrogen-bond donors (Lipinski definition) is 1. The molecule has 0 unspecified atom stereocenters. The van der Waals surface area contributed by atoms with Crippen molar-refractivity contribution >= 4 is 17.5 Å². The second-order valence-corrected chi connectivity index (χ2v) is 5.35. The van der Waals surface area contributed by atoms with Crippen LogP contribution in [0.5, 0.6) is 5.75 Å². The van der Waals surface area contributed by atoms with Gasteiger partial charge < -0.3 is 15.0 Å². The highest BCUT2D eigenvalue weighted by molar-refractivity contribution is 6.03. The minimum atomic E-state index is -0.323. The molecule has 2 aromatic rings. The van der Waals surface area contributed by atoms with Gasteiger partial charge in [0.25, 0.3) is 0 Å². The third-order valence-electron chi connectivity index (χ3n) is 3.64. The number of methoxy groups -OCH3 is 1. The number of benzene rings is 2. The molecular formula is C19H22N2O3. The Morgan fingerprint density at radius 2 is 1.71 bits per heavy atom. The lowest BCUT2D eigenvalue weighted by Crippen LogP contribution is -2.33. The molecule has 0 aliphatic rings. The Hall–Kier alpha value is -2.82. The maximum absolute atomic E-state index is 12.3. The van der Waals surface area contributed by atoms with Gasteiger partial charge in [0.1, 0.15) is 12.2 Å². The van der Waals surface area contributed by atoms with Gasteiger partial charge in [0, 0.05) is 18.8 Å². The number of hydrogen-bond acceptors (Lipinski definition) is 3. The van der Waals surface area contributed by atoms with E-state index in [4.69, 9.17) is 4.74 Å². The molecule has 2 rings (SSSR count). The summed E-state index contributed by atoms with van der Waals surface area (Å²) < 4.78 is 5.07. The number of nitrogens with one attached hydrogen (secondary N) is 1. The van der Waals surface area contributed by atoms with Gasteiger partial charge in [-0.05, 0) is 36.8 Å². The normalized spacial score (nSPS) is 10.1. The fraction of sp³-hybridized carbons (Fsp3) is 0.263. The van der Waals surface area contributed by atoms with E-state index in [1.807, 2.05) is 37.3 Å². The molecule has 126 valence electrons. The summed E-state index contributed by atoms with van der Waals surface area (Å²) in [7, 11) is 1.58. The van der Waals surface area contributed by atoms with E-state index < -0.39 is 0 Å². The fourth-order valence-corrected chi connectivity index (χ4v) is 2.31. The average Bonchev–Trinajstić information content (AvgIpc) is 2.61. The third-order valence-corrected chi connectivity index (χ3v) is 3.64. The molecule has 0 bridgehead atoms. The van der Waals surface area contributed by atoms with Crippen molar-refractivity contribution in [2.45, 2.75) is 19.9 Å². The van der Waals surface area contributed by atoms with Crippen LogP contribution in [0, 0.1) is 0 Å². The molecule has 0 aliphatic carbocycles. The Bertz CT molecular complexity index is 669. The topological polar surface area (TPSA) is 58.6 Å². The van der Waals surface area contributed by atoms with Gasteiger partial charge in [-0.2, -0.15) is 0 Å². The van der Waals surface area contributed by atoms with Crippen molar-refractivity contribution in [2.75, 3.05) is 19.0 Å². The van der Waals surface area contributed by atoms with Crippen molar-refractivity contribution in [1.82, 2.24) is 4.90 Å². The SMILES string of the molecule is CCN(Cc1ccccc1)C(=O)CC(=O)Nc1ccc(OC)cc1. The highest BCUT2D eigenvalue weighted by Crippen LogP contribution is 2.15. The monoisotopic (exact) mass is 326 g/mol. The predicted molar refractivity (Wildman–Crippen MR) is 93.8 cm³/mol. The van der Waals surface area contributed by atoms with E-state index in [0.717, 1.165) is 5.56 Å². The summed E-state index contributed by atoms with van der Waals surface area (Å²) in [5.41, 5.74) is 1.68. The minimum absolute atomic E-state index is 0.174. The van der Waals surface area contributed by atoms with Gasteiger partial charge in [0.15, 0.2) is 0 Å². The van der Waals surface area contributed by atoms with E-state index in [0.29, 0.717) is 24.5 Å². The molecule has 0 fully saturated rings. The molecule has 0 radical (unpaired) electrons. The zero-order chi connectivity index (χ0) is 17.4. The highest BCUT2D eigenvalue weighted by Gasteiger charge is 2.16. The summed E-state index contributed by atoms with van der Waals surface area (Å²) in [5.74, 6) is 0.202. The van der Waals surface area contributed by atoms with E-state index in [1.165, 1.54) is 0 Å². The van der Waals surface area contributed by atoms with Crippen LogP contribution >= 0.6 is 0 Å². The molecule has 5 nitrogen and oxygen atoms in total. The van der Waals surface area contributed by atoms with Crippen molar-refractivity contribution in [2.24, 2.45) is 0 Å². The fourth-order valence-electron chi connectivity index (χ4n) is 2.31. The van der Waals surface area contributed by atoms with Crippen molar-refractivity contribution in [3.63, 3.8) is 0 Å². The molecule has 0 spiro atoms. The molecule has 0 atom stereocenters. The number of anilines is 1. The van der Waals surface area contributed by atoms with E-state index in [9.17, 15) is 9.59 Å². The Kier molecular flexibility index (Phi) is 6.37. The number of amides is 2. The molecule has 0 saturated carbocycles. The minimum Gasteiger partial charge on any atom is -0.497 e. The van der Waals surface area contributed by atoms with Crippen LogP contribution in [0.2, 0.25) is 0 Å². The molecule has 1 N–H and O–H groups in total. The van der Waals surface area contributed by atoms with E-state index in [1.54, 1.807) is 36.3 Å². The van der Waals surface area contributed by atoms with Crippen molar-refractivity contribution in [3.8, 4) is 5.75 Å². The first-order chi connectivity index (χ1) is 11.6. The van der Waals surface area contributed by atoms with E-state index >= 15 is 0 Å². The van der Waals surface area contributed by atoms with Gasteiger partial charge in [-0.1, -0.05) is 30.3 Å². The smallest absolute Gasteiger partial charge is 0.233 e. The van der Waals surface area contributed by atoms with Crippen molar-refractivity contribution in [3.05, 3.63) is 60.2 Å².